The number of nitrogens with one attached hydrogen (secondary N) is 1. The van der Waals surface area contributed by atoms with Crippen LogP contribution in [0.4, 0.5) is 13.2 Å². The van der Waals surface area contributed by atoms with Gasteiger partial charge in [0.15, 0.2) is 16.5 Å². The van der Waals surface area contributed by atoms with Crippen molar-refractivity contribution in [3.8, 4) is 0 Å². The number of aliphatic imine (C=N–C) groups is 1. The average molecular weight is 399 g/mol. The summed E-state index contributed by atoms with van der Waals surface area (Å²) in [5.74, 6) is 0.520. The van der Waals surface area contributed by atoms with E-state index in [1.165, 1.54) is 23.7 Å². The van der Waals surface area contributed by atoms with Gasteiger partial charge in [0.2, 0.25) is 0 Å². The van der Waals surface area contributed by atoms with Gasteiger partial charge in [-0.2, -0.15) is 13.9 Å². The summed E-state index contributed by atoms with van der Waals surface area (Å²) in [4.78, 5) is 8.64. The quantitative estimate of drug-likeness (QED) is 0.837. The van der Waals surface area contributed by atoms with E-state index in [2.05, 4.69) is 20.4 Å². The summed E-state index contributed by atoms with van der Waals surface area (Å²) in [6.45, 7) is -2.71. The summed E-state index contributed by atoms with van der Waals surface area (Å²) < 4.78 is 51.6. The highest BCUT2D eigenvalue weighted by molar-refractivity contribution is 7.11. The minimum Gasteiger partial charge on any atom is -0.352 e. The molecular weight excluding hydrogens is 383 g/mol. The van der Waals surface area contributed by atoms with E-state index in [0.717, 1.165) is 0 Å². The SMILES string of the molecule is FC(F)n1cc(C2=C(CC3(F)COCOC3)NC(c3nccs3)=NC2)cn1. The van der Waals surface area contributed by atoms with E-state index < -0.39 is 12.2 Å². The Morgan fingerprint density at radius 2 is 2.15 bits per heavy atom. The zero-order valence-electron chi connectivity index (χ0n) is 14.1. The van der Waals surface area contributed by atoms with Crippen LogP contribution >= 0.6 is 11.3 Å². The third-order valence-corrected chi connectivity index (χ3v) is 4.98. The smallest absolute Gasteiger partial charge is 0.333 e. The minimum absolute atomic E-state index is 0.0351. The van der Waals surface area contributed by atoms with Crippen LogP contribution in [-0.4, -0.2) is 52.8 Å². The summed E-state index contributed by atoms with van der Waals surface area (Å²) in [6, 6.07) is 0. The molecule has 144 valence electrons. The lowest BCUT2D eigenvalue weighted by atomic mass is 9.95. The molecule has 4 rings (SSSR count). The topological polar surface area (TPSA) is 73.6 Å². The van der Waals surface area contributed by atoms with E-state index >= 15 is 4.39 Å². The highest BCUT2D eigenvalue weighted by Gasteiger charge is 2.37. The highest BCUT2D eigenvalue weighted by atomic mass is 32.1. The lowest BCUT2D eigenvalue weighted by Gasteiger charge is -2.32. The van der Waals surface area contributed by atoms with Crippen molar-refractivity contribution in [2.45, 2.75) is 18.6 Å². The number of aromatic nitrogens is 3. The standard InChI is InChI=1S/C16H16F3N5O2S/c17-15(18)24-6-10(4-22-24)11-5-21-13(14-20-1-2-27-14)23-12(11)3-16(19)7-25-9-26-8-16/h1-2,4,6,15H,3,5,7-9H2,(H,21,23). The van der Waals surface area contributed by atoms with E-state index in [1.807, 2.05) is 5.38 Å². The van der Waals surface area contributed by atoms with Gasteiger partial charge in [0, 0.05) is 41.0 Å². The molecule has 0 unspecified atom stereocenters. The number of nitrogens with zero attached hydrogens (tertiary/aromatic N) is 4. The fourth-order valence-electron chi connectivity index (χ4n) is 2.96. The molecule has 0 aromatic carbocycles. The molecule has 0 saturated carbocycles. The van der Waals surface area contributed by atoms with Gasteiger partial charge in [-0.1, -0.05) is 0 Å². The first kappa shape index (κ1) is 18.1. The number of hydrogen-bond acceptors (Lipinski definition) is 7. The molecule has 27 heavy (non-hydrogen) atoms. The maximum absolute atomic E-state index is 15.1. The Kier molecular flexibility index (Phi) is 4.98. The van der Waals surface area contributed by atoms with Crippen LogP contribution in [0, 0.1) is 0 Å². The fourth-order valence-corrected chi connectivity index (χ4v) is 3.56. The van der Waals surface area contributed by atoms with Gasteiger partial charge in [-0.05, 0) is 0 Å². The molecule has 0 bridgehead atoms. The van der Waals surface area contributed by atoms with Gasteiger partial charge in [-0.3, -0.25) is 4.99 Å². The first-order valence-corrected chi connectivity index (χ1v) is 9.02. The summed E-state index contributed by atoms with van der Waals surface area (Å²) in [5, 5.41) is 9.25. The number of halogens is 3. The van der Waals surface area contributed by atoms with E-state index in [4.69, 9.17) is 9.47 Å². The van der Waals surface area contributed by atoms with E-state index in [0.29, 0.717) is 32.4 Å². The number of ether oxygens (including phenoxy) is 2. The van der Waals surface area contributed by atoms with Crippen molar-refractivity contribution in [1.82, 2.24) is 20.1 Å². The summed E-state index contributed by atoms with van der Waals surface area (Å²) >= 11 is 1.40. The second-order valence-electron chi connectivity index (χ2n) is 6.21. The Morgan fingerprint density at radius 3 is 2.81 bits per heavy atom. The molecule has 11 heteroatoms. The summed E-state index contributed by atoms with van der Waals surface area (Å²) in [5.41, 5.74) is -0.137. The predicted octanol–water partition coefficient (Wildman–Crippen LogP) is 2.60. The van der Waals surface area contributed by atoms with E-state index in [-0.39, 0.29) is 33.0 Å². The third kappa shape index (κ3) is 3.89. The van der Waals surface area contributed by atoms with Gasteiger partial charge in [0.05, 0.1) is 26.0 Å². The lowest BCUT2D eigenvalue weighted by molar-refractivity contribution is -0.171. The second-order valence-corrected chi connectivity index (χ2v) is 7.11. The number of alkyl halides is 3. The van der Waals surface area contributed by atoms with Crippen LogP contribution in [0.2, 0.25) is 0 Å². The van der Waals surface area contributed by atoms with Gasteiger partial charge < -0.3 is 14.8 Å². The zero-order chi connectivity index (χ0) is 18.9. The Balaban J connectivity index is 1.66. The van der Waals surface area contributed by atoms with E-state index in [9.17, 15) is 8.78 Å². The number of amidine groups is 1. The zero-order valence-corrected chi connectivity index (χ0v) is 14.9. The molecule has 2 aromatic rings. The maximum atomic E-state index is 15.1. The Morgan fingerprint density at radius 1 is 1.33 bits per heavy atom. The normalized spacial score (nSPS) is 19.9. The van der Waals surface area contributed by atoms with Crippen molar-refractivity contribution in [3.63, 3.8) is 0 Å². The molecule has 0 spiro atoms. The molecular formula is C16H16F3N5O2S. The maximum Gasteiger partial charge on any atom is 0.333 e. The molecule has 0 aliphatic carbocycles. The molecule has 0 atom stereocenters. The molecule has 1 saturated heterocycles. The largest absolute Gasteiger partial charge is 0.352 e. The summed E-state index contributed by atoms with van der Waals surface area (Å²) in [6.07, 6.45) is 4.16. The molecule has 0 amide bonds. The Bertz CT molecular complexity index is 859. The van der Waals surface area contributed by atoms with Crippen molar-refractivity contribution >= 4 is 22.7 Å². The highest BCUT2D eigenvalue weighted by Crippen LogP contribution is 2.31. The van der Waals surface area contributed by atoms with Crippen LogP contribution < -0.4 is 5.32 Å². The van der Waals surface area contributed by atoms with E-state index in [1.54, 1.807) is 6.20 Å². The van der Waals surface area contributed by atoms with Gasteiger partial charge >= 0.3 is 6.55 Å². The average Bonchev–Trinajstić information content (AvgIpc) is 3.34. The molecule has 2 aliphatic rings. The third-order valence-electron chi connectivity index (χ3n) is 4.20. The molecule has 1 N–H and O–H groups in total. The van der Waals surface area contributed by atoms with Gasteiger partial charge in [0.1, 0.15) is 6.79 Å². The van der Waals surface area contributed by atoms with Crippen LogP contribution in [0.5, 0.6) is 0 Å². The molecule has 2 aromatic heterocycles. The van der Waals surface area contributed by atoms with Crippen molar-refractivity contribution < 1.29 is 22.6 Å². The van der Waals surface area contributed by atoms with Crippen LogP contribution in [0.3, 0.4) is 0 Å². The number of allylic oxidation sites excluding steroid dienone is 1. The fraction of sp³-hybridized carbons (Fsp3) is 0.438. The number of rotatable bonds is 5. The molecule has 2 aliphatic heterocycles. The number of thiazole rings is 1. The van der Waals surface area contributed by atoms with Gasteiger partial charge in [-0.25, -0.2) is 14.1 Å². The monoisotopic (exact) mass is 399 g/mol. The van der Waals surface area contributed by atoms with Crippen molar-refractivity contribution in [2.24, 2.45) is 4.99 Å². The predicted molar refractivity (Wildman–Crippen MR) is 92.3 cm³/mol. The molecule has 4 heterocycles. The van der Waals surface area contributed by atoms with Crippen LogP contribution in [0.25, 0.3) is 5.57 Å². The van der Waals surface area contributed by atoms with Crippen molar-refractivity contribution in [2.75, 3.05) is 26.6 Å². The molecule has 0 radical (unpaired) electrons. The first-order chi connectivity index (χ1) is 13.0. The Hall–Kier alpha value is -2.24. The van der Waals surface area contributed by atoms with Gasteiger partial charge in [-0.15, -0.1) is 11.3 Å². The molecule has 7 nitrogen and oxygen atoms in total. The van der Waals surface area contributed by atoms with Crippen molar-refractivity contribution in [3.05, 3.63) is 40.2 Å². The van der Waals surface area contributed by atoms with Crippen LogP contribution in [-0.2, 0) is 9.47 Å². The Labute approximate surface area is 156 Å². The molecule has 1 fully saturated rings. The van der Waals surface area contributed by atoms with Gasteiger partial charge in [0.25, 0.3) is 0 Å². The van der Waals surface area contributed by atoms with Crippen LogP contribution in [0.15, 0.2) is 34.7 Å². The minimum atomic E-state index is -2.75. The number of hydrogen-bond donors (Lipinski definition) is 1. The first-order valence-electron chi connectivity index (χ1n) is 8.14. The lowest BCUT2D eigenvalue weighted by Crippen LogP contribution is -2.43. The van der Waals surface area contributed by atoms with Crippen LogP contribution in [0.1, 0.15) is 23.5 Å². The summed E-state index contributed by atoms with van der Waals surface area (Å²) in [7, 11) is 0. The van der Waals surface area contributed by atoms with Crippen molar-refractivity contribution in [1.29, 1.82) is 0 Å². The second kappa shape index (κ2) is 7.41.